The van der Waals surface area contributed by atoms with E-state index in [1.165, 1.54) is 10.9 Å². The zero-order chi connectivity index (χ0) is 17.7. The molecule has 0 atom stereocenters. The molecule has 0 fully saturated rings. The average Bonchev–Trinajstić information content (AvgIpc) is 3.07. The molecule has 3 nitrogen and oxygen atoms in total. The van der Waals surface area contributed by atoms with Gasteiger partial charge in [0.05, 0.1) is 11.6 Å². The number of rotatable bonds is 3. The Morgan fingerprint density at radius 1 is 1.16 bits per heavy atom. The molecule has 0 radical (unpaired) electrons. The average molecular weight is 354 g/mol. The Hall–Kier alpha value is -2.26. The minimum atomic E-state index is 0.424. The van der Waals surface area contributed by atoms with Gasteiger partial charge in [0.2, 0.25) is 5.71 Å². The summed E-state index contributed by atoms with van der Waals surface area (Å²) in [5, 5.41) is 2.59. The minimum absolute atomic E-state index is 0.424. The summed E-state index contributed by atoms with van der Waals surface area (Å²) in [6.45, 7) is 8.55. The van der Waals surface area contributed by atoms with Crippen molar-refractivity contribution in [2.24, 2.45) is 5.92 Å². The van der Waals surface area contributed by atoms with Crippen LogP contribution in [0, 0.1) is 19.8 Å². The van der Waals surface area contributed by atoms with Gasteiger partial charge in [-0.1, -0.05) is 37.6 Å². The predicted octanol–water partition coefficient (Wildman–Crippen LogP) is 6.71. The Balaban J connectivity index is 1.92. The normalized spacial score (nSPS) is 11.9. The van der Waals surface area contributed by atoms with Crippen LogP contribution in [0.4, 0.5) is 0 Å². The molecule has 0 aliphatic heterocycles. The molecule has 3 aromatic heterocycles. The van der Waals surface area contributed by atoms with Gasteiger partial charge in [-0.15, -0.1) is 0 Å². The molecule has 0 saturated heterocycles. The molecule has 25 heavy (non-hydrogen) atoms. The summed E-state index contributed by atoms with van der Waals surface area (Å²) in [5.74, 6) is 1.63. The van der Waals surface area contributed by atoms with Crippen molar-refractivity contribution in [1.82, 2.24) is 4.98 Å². The molecule has 4 rings (SSSR count). The highest BCUT2D eigenvalue weighted by atomic mass is 35.5. The van der Waals surface area contributed by atoms with Gasteiger partial charge in [0.25, 0.3) is 0 Å². The van der Waals surface area contributed by atoms with E-state index < -0.39 is 0 Å². The molecule has 0 spiro atoms. The van der Waals surface area contributed by atoms with Crippen molar-refractivity contribution in [3.8, 4) is 11.1 Å². The van der Waals surface area contributed by atoms with Gasteiger partial charge in [-0.2, -0.15) is 0 Å². The van der Waals surface area contributed by atoms with E-state index in [1.54, 1.807) is 6.26 Å². The van der Waals surface area contributed by atoms with Crippen LogP contribution in [0.1, 0.15) is 30.7 Å². The van der Waals surface area contributed by atoms with Gasteiger partial charge < -0.3 is 8.83 Å². The third kappa shape index (κ3) is 2.73. The topological polar surface area (TPSA) is 39.2 Å². The summed E-state index contributed by atoms with van der Waals surface area (Å²) in [6.07, 6.45) is 2.66. The molecule has 4 heteroatoms. The summed E-state index contributed by atoms with van der Waals surface area (Å²) in [6, 6.07) is 8.21. The SMILES string of the molecule is Cc1c(CC(C)C)oc2cc(-c3cc(Cl)nc4occ(C)c34)ccc12. The fraction of sp³-hybridized carbons (Fsp3) is 0.286. The number of benzene rings is 1. The van der Waals surface area contributed by atoms with Crippen LogP contribution in [0.5, 0.6) is 0 Å². The number of aryl methyl sites for hydroxylation is 2. The molecule has 0 aliphatic rings. The van der Waals surface area contributed by atoms with Crippen LogP contribution in [-0.4, -0.2) is 4.98 Å². The van der Waals surface area contributed by atoms with Gasteiger partial charge in [0.15, 0.2) is 0 Å². The number of halogens is 1. The van der Waals surface area contributed by atoms with Gasteiger partial charge >= 0.3 is 0 Å². The number of furan rings is 2. The highest BCUT2D eigenvalue weighted by Gasteiger charge is 2.16. The van der Waals surface area contributed by atoms with Crippen LogP contribution in [-0.2, 0) is 6.42 Å². The first kappa shape index (κ1) is 16.2. The number of nitrogens with zero attached hydrogens (tertiary/aromatic N) is 1. The standard InChI is InChI=1S/C21H20ClNO2/c1-11(2)7-17-13(4)15-6-5-14(8-18(15)25-17)16-9-19(22)23-21-20(16)12(3)10-24-21/h5-6,8-11H,7H2,1-4H3. The van der Waals surface area contributed by atoms with Crippen molar-refractivity contribution in [1.29, 1.82) is 0 Å². The Morgan fingerprint density at radius 2 is 1.96 bits per heavy atom. The van der Waals surface area contributed by atoms with Crippen molar-refractivity contribution in [3.05, 3.63) is 52.6 Å². The van der Waals surface area contributed by atoms with Gasteiger partial charge in [-0.25, -0.2) is 4.98 Å². The Bertz CT molecular complexity index is 1090. The fourth-order valence-corrected chi connectivity index (χ4v) is 3.58. The molecule has 0 bridgehead atoms. The van der Waals surface area contributed by atoms with Crippen LogP contribution in [0.3, 0.4) is 0 Å². The van der Waals surface area contributed by atoms with Crippen LogP contribution in [0.15, 0.2) is 39.4 Å². The van der Waals surface area contributed by atoms with E-state index in [9.17, 15) is 0 Å². The first-order valence-electron chi connectivity index (χ1n) is 8.50. The Kier molecular flexibility index (Phi) is 3.84. The van der Waals surface area contributed by atoms with Crippen LogP contribution in [0.2, 0.25) is 5.15 Å². The third-order valence-electron chi connectivity index (χ3n) is 4.64. The number of aromatic nitrogens is 1. The van der Waals surface area contributed by atoms with Crippen molar-refractivity contribution in [2.45, 2.75) is 34.1 Å². The molecule has 0 saturated carbocycles. The smallest absolute Gasteiger partial charge is 0.228 e. The van der Waals surface area contributed by atoms with Gasteiger partial charge in [-0.3, -0.25) is 0 Å². The first-order valence-corrected chi connectivity index (χ1v) is 8.88. The number of hydrogen-bond donors (Lipinski definition) is 0. The Morgan fingerprint density at radius 3 is 2.72 bits per heavy atom. The second-order valence-corrected chi connectivity index (χ2v) is 7.44. The van der Waals surface area contributed by atoms with E-state index in [4.69, 9.17) is 20.4 Å². The molecular weight excluding hydrogens is 334 g/mol. The van der Waals surface area contributed by atoms with E-state index in [0.717, 1.165) is 39.8 Å². The summed E-state index contributed by atoms with van der Waals surface area (Å²) >= 11 is 6.19. The van der Waals surface area contributed by atoms with E-state index in [2.05, 4.69) is 44.0 Å². The lowest BCUT2D eigenvalue weighted by molar-refractivity contribution is 0.496. The van der Waals surface area contributed by atoms with Crippen molar-refractivity contribution in [2.75, 3.05) is 0 Å². The van der Waals surface area contributed by atoms with Gasteiger partial charge in [0, 0.05) is 11.8 Å². The maximum atomic E-state index is 6.19. The Labute approximate surface area is 151 Å². The maximum Gasteiger partial charge on any atom is 0.228 e. The molecule has 0 aliphatic carbocycles. The molecule has 1 aromatic carbocycles. The molecule has 3 heterocycles. The summed E-state index contributed by atoms with van der Waals surface area (Å²) in [4.78, 5) is 4.27. The summed E-state index contributed by atoms with van der Waals surface area (Å²) in [5.41, 5.74) is 5.82. The van der Waals surface area contributed by atoms with Crippen molar-refractivity contribution in [3.63, 3.8) is 0 Å². The minimum Gasteiger partial charge on any atom is -0.461 e. The first-order chi connectivity index (χ1) is 11.9. The predicted molar refractivity (Wildman–Crippen MR) is 102 cm³/mol. The van der Waals surface area contributed by atoms with Crippen LogP contribution in [0.25, 0.3) is 33.2 Å². The molecule has 128 valence electrons. The zero-order valence-corrected chi connectivity index (χ0v) is 15.6. The molecule has 0 unspecified atom stereocenters. The second kappa shape index (κ2) is 5.92. The maximum absolute atomic E-state index is 6.19. The number of fused-ring (bicyclic) bond motifs is 2. The van der Waals surface area contributed by atoms with E-state index in [1.807, 2.05) is 13.0 Å². The molecule has 0 amide bonds. The second-order valence-electron chi connectivity index (χ2n) is 7.05. The monoisotopic (exact) mass is 353 g/mol. The zero-order valence-electron chi connectivity index (χ0n) is 14.8. The van der Waals surface area contributed by atoms with Gasteiger partial charge in [0.1, 0.15) is 16.5 Å². The highest BCUT2D eigenvalue weighted by molar-refractivity contribution is 6.30. The van der Waals surface area contributed by atoms with E-state index in [0.29, 0.717) is 16.8 Å². The molecular formula is C21H20ClNO2. The lowest BCUT2D eigenvalue weighted by Gasteiger charge is -2.05. The quantitative estimate of drug-likeness (QED) is 0.384. The lowest BCUT2D eigenvalue weighted by Crippen LogP contribution is -1.93. The van der Waals surface area contributed by atoms with E-state index in [-0.39, 0.29) is 0 Å². The largest absolute Gasteiger partial charge is 0.461 e. The molecule has 0 N–H and O–H groups in total. The summed E-state index contributed by atoms with van der Waals surface area (Å²) < 4.78 is 11.7. The number of hydrogen-bond acceptors (Lipinski definition) is 3. The lowest BCUT2D eigenvalue weighted by atomic mass is 9.99. The highest BCUT2D eigenvalue weighted by Crippen LogP contribution is 2.36. The van der Waals surface area contributed by atoms with Gasteiger partial charge in [-0.05, 0) is 54.2 Å². The fourth-order valence-electron chi connectivity index (χ4n) is 3.40. The van der Waals surface area contributed by atoms with Crippen molar-refractivity contribution >= 4 is 33.7 Å². The van der Waals surface area contributed by atoms with Crippen LogP contribution >= 0.6 is 11.6 Å². The van der Waals surface area contributed by atoms with Crippen molar-refractivity contribution < 1.29 is 8.83 Å². The summed E-state index contributed by atoms with van der Waals surface area (Å²) in [7, 11) is 0. The van der Waals surface area contributed by atoms with E-state index >= 15 is 0 Å². The number of pyridine rings is 1. The molecule has 4 aromatic rings. The third-order valence-corrected chi connectivity index (χ3v) is 4.83. The van der Waals surface area contributed by atoms with Crippen LogP contribution < -0.4 is 0 Å².